The Morgan fingerprint density at radius 2 is 2.16 bits per heavy atom. The Kier molecular flexibility index (Phi) is 3.24. The zero-order valence-electron chi connectivity index (χ0n) is 10.5. The molecule has 19 heavy (non-hydrogen) atoms. The van der Waals surface area contributed by atoms with Gasteiger partial charge in [0.1, 0.15) is 0 Å². The lowest BCUT2D eigenvalue weighted by Gasteiger charge is -2.38. The van der Waals surface area contributed by atoms with Gasteiger partial charge in [-0.15, -0.1) is 0 Å². The van der Waals surface area contributed by atoms with E-state index < -0.39 is 0 Å². The van der Waals surface area contributed by atoms with Crippen molar-refractivity contribution in [3.05, 3.63) is 45.3 Å². The molecular formula is C12H14BrN5O. The van der Waals surface area contributed by atoms with Crippen molar-refractivity contribution in [3.63, 3.8) is 0 Å². The minimum Gasteiger partial charge on any atom is -0.315 e. The second kappa shape index (κ2) is 4.90. The third-order valence-electron chi connectivity index (χ3n) is 3.30. The topological polar surface area (TPSA) is 56.0 Å². The summed E-state index contributed by atoms with van der Waals surface area (Å²) in [6, 6.07) is 0.429. The molecule has 0 spiro atoms. The predicted octanol–water partition coefficient (Wildman–Crippen LogP) is 0.796. The quantitative estimate of drug-likeness (QED) is 0.838. The first-order valence-corrected chi connectivity index (χ1v) is 6.84. The summed E-state index contributed by atoms with van der Waals surface area (Å²) in [6.07, 6.45) is 6.96. The molecule has 0 N–H and O–H groups in total. The van der Waals surface area contributed by atoms with Gasteiger partial charge in [0.15, 0.2) is 0 Å². The number of aryl methyl sites for hydroxylation is 1. The van der Waals surface area contributed by atoms with E-state index in [0.717, 1.165) is 29.8 Å². The van der Waals surface area contributed by atoms with Gasteiger partial charge in [-0.05, 0) is 15.9 Å². The van der Waals surface area contributed by atoms with Crippen LogP contribution in [0.4, 0.5) is 0 Å². The molecule has 0 radical (unpaired) electrons. The Morgan fingerprint density at radius 3 is 2.79 bits per heavy atom. The normalized spacial score (nSPS) is 16.5. The monoisotopic (exact) mass is 323 g/mol. The largest absolute Gasteiger partial charge is 0.315 e. The van der Waals surface area contributed by atoms with Gasteiger partial charge in [-0.1, -0.05) is 0 Å². The zero-order valence-corrected chi connectivity index (χ0v) is 12.1. The SMILES string of the molecule is Cn1cc(CN2CC(n3cc(Br)cn3)C2)ncc1=O. The smallest absolute Gasteiger partial charge is 0.268 e. The molecular weight excluding hydrogens is 310 g/mol. The second-order valence-corrected chi connectivity index (χ2v) is 5.73. The lowest BCUT2D eigenvalue weighted by Crippen LogP contribution is -2.47. The predicted molar refractivity (Wildman–Crippen MR) is 73.7 cm³/mol. The summed E-state index contributed by atoms with van der Waals surface area (Å²) in [7, 11) is 1.74. The van der Waals surface area contributed by atoms with E-state index in [1.807, 2.05) is 10.9 Å². The van der Waals surface area contributed by atoms with E-state index in [2.05, 4.69) is 30.9 Å². The Balaban J connectivity index is 1.59. The first-order chi connectivity index (χ1) is 9.11. The minimum atomic E-state index is -0.0772. The highest BCUT2D eigenvalue weighted by atomic mass is 79.9. The van der Waals surface area contributed by atoms with Crippen LogP contribution in [0, 0.1) is 0 Å². The highest BCUT2D eigenvalue weighted by Crippen LogP contribution is 2.23. The maximum atomic E-state index is 11.3. The molecule has 0 unspecified atom stereocenters. The van der Waals surface area contributed by atoms with Gasteiger partial charge in [-0.3, -0.25) is 19.4 Å². The summed E-state index contributed by atoms with van der Waals surface area (Å²) in [4.78, 5) is 17.7. The van der Waals surface area contributed by atoms with E-state index in [9.17, 15) is 4.79 Å². The first kappa shape index (κ1) is 12.6. The third-order valence-corrected chi connectivity index (χ3v) is 3.71. The van der Waals surface area contributed by atoms with Gasteiger partial charge < -0.3 is 4.57 Å². The Labute approximate surface area is 118 Å². The van der Waals surface area contributed by atoms with Crippen molar-refractivity contribution in [1.82, 2.24) is 24.2 Å². The first-order valence-electron chi connectivity index (χ1n) is 6.05. The average molecular weight is 324 g/mol. The van der Waals surface area contributed by atoms with Crippen LogP contribution in [-0.4, -0.2) is 37.3 Å². The molecule has 0 amide bonds. The number of aromatic nitrogens is 4. The van der Waals surface area contributed by atoms with Crippen molar-refractivity contribution in [1.29, 1.82) is 0 Å². The van der Waals surface area contributed by atoms with Crippen LogP contribution in [0.3, 0.4) is 0 Å². The summed E-state index contributed by atoms with van der Waals surface area (Å²) in [6.45, 7) is 2.68. The number of hydrogen-bond donors (Lipinski definition) is 0. The van der Waals surface area contributed by atoms with E-state index >= 15 is 0 Å². The van der Waals surface area contributed by atoms with Crippen LogP contribution in [0.2, 0.25) is 0 Å². The maximum Gasteiger partial charge on any atom is 0.268 e. The van der Waals surface area contributed by atoms with Crippen LogP contribution in [-0.2, 0) is 13.6 Å². The van der Waals surface area contributed by atoms with Crippen molar-refractivity contribution < 1.29 is 0 Å². The molecule has 2 aromatic rings. The molecule has 7 heteroatoms. The van der Waals surface area contributed by atoms with Gasteiger partial charge in [0.2, 0.25) is 0 Å². The van der Waals surface area contributed by atoms with Crippen molar-refractivity contribution in [3.8, 4) is 0 Å². The van der Waals surface area contributed by atoms with Crippen molar-refractivity contribution in [2.45, 2.75) is 12.6 Å². The fraction of sp³-hybridized carbons (Fsp3) is 0.417. The lowest BCUT2D eigenvalue weighted by molar-refractivity contribution is 0.0892. The number of hydrogen-bond acceptors (Lipinski definition) is 4. The molecule has 0 aromatic carbocycles. The highest BCUT2D eigenvalue weighted by Gasteiger charge is 2.28. The van der Waals surface area contributed by atoms with Crippen molar-refractivity contribution in [2.24, 2.45) is 7.05 Å². The van der Waals surface area contributed by atoms with Gasteiger partial charge in [-0.2, -0.15) is 5.10 Å². The molecule has 0 atom stereocenters. The number of nitrogens with zero attached hydrogens (tertiary/aromatic N) is 5. The van der Waals surface area contributed by atoms with Crippen LogP contribution in [0.15, 0.2) is 34.1 Å². The van der Waals surface area contributed by atoms with Crippen LogP contribution in [0.25, 0.3) is 0 Å². The minimum absolute atomic E-state index is 0.0772. The van der Waals surface area contributed by atoms with Crippen LogP contribution >= 0.6 is 15.9 Å². The molecule has 1 aliphatic rings. The Morgan fingerprint density at radius 1 is 1.37 bits per heavy atom. The van der Waals surface area contributed by atoms with Crippen molar-refractivity contribution >= 4 is 15.9 Å². The average Bonchev–Trinajstić information content (AvgIpc) is 2.74. The second-order valence-electron chi connectivity index (χ2n) is 4.81. The van der Waals surface area contributed by atoms with E-state index in [-0.39, 0.29) is 5.56 Å². The molecule has 2 aromatic heterocycles. The maximum absolute atomic E-state index is 11.3. The number of rotatable bonds is 3. The molecule has 3 rings (SSSR count). The molecule has 0 saturated carbocycles. The summed E-state index contributed by atoms with van der Waals surface area (Å²) >= 11 is 3.40. The summed E-state index contributed by atoms with van der Waals surface area (Å²) in [5, 5.41) is 4.29. The van der Waals surface area contributed by atoms with Gasteiger partial charge in [-0.25, -0.2) is 0 Å². The van der Waals surface area contributed by atoms with E-state index in [0.29, 0.717) is 6.04 Å². The zero-order chi connectivity index (χ0) is 13.4. The van der Waals surface area contributed by atoms with Crippen molar-refractivity contribution in [2.75, 3.05) is 13.1 Å². The van der Waals surface area contributed by atoms with E-state index in [1.54, 1.807) is 24.0 Å². The highest BCUT2D eigenvalue weighted by molar-refractivity contribution is 9.10. The number of likely N-dealkylation sites (tertiary alicyclic amines) is 1. The molecule has 3 heterocycles. The van der Waals surface area contributed by atoms with Crippen LogP contribution in [0.1, 0.15) is 11.7 Å². The molecule has 100 valence electrons. The standard InChI is InChI=1S/C12H14BrN5O/c1-16-5-10(14-3-12(16)19)6-17-7-11(8-17)18-4-9(13)2-15-18/h2-5,11H,6-8H2,1H3. The molecule has 1 saturated heterocycles. The van der Waals surface area contributed by atoms with Crippen LogP contribution < -0.4 is 5.56 Å². The molecule has 1 fully saturated rings. The number of halogens is 1. The summed E-state index contributed by atoms with van der Waals surface area (Å²) in [5.41, 5.74) is 0.842. The Bertz CT molecular complexity index is 644. The third kappa shape index (κ3) is 2.62. The summed E-state index contributed by atoms with van der Waals surface area (Å²) in [5.74, 6) is 0. The fourth-order valence-corrected chi connectivity index (χ4v) is 2.52. The molecule has 0 bridgehead atoms. The molecule has 6 nitrogen and oxygen atoms in total. The summed E-state index contributed by atoms with van der Waals surface area (Å²) < 4.78 is 4.55. The van der Waals surface area contributed by atoms with Crippen LogP contribution in [0.5, 0.6) is 0 Å². The fourth-order valence-electron chi connectivity index (χ4n) is 2.21. The Hall–Kier alpha value is -1.47. The van der Waals surface area contributed by atoms with Gasteiger partial charge >= 0.3 is 0 Å². The van der Waals surface area contributed by atoms with Gasteiger partial charge in [0.05, 0.1) is 28.6 Å². The van der Waals surface area contributed by atoms with Gasteiger partial charge in [0, 0.05) is 39.1 Å². The lowest BCUT2D eigenvalue weighted by atomic mass is 10.1. The van der Waals surface area contributed by atoms with E-state index in [1.165, 1.54) is 6.20 Å². The van der Waals surface area contributed by atoms with E-state index in [4.69, 9.17) is 0 Å². The molecule has 1 aliphatic heterocycles. The van der Waals surface area contributed by atoms with Gasteiger partial charge in [0.25, 0.3) is 5.56 Å². The molecule has 0 aliphatic carbocycles.